The van der Waals surface area contributed by atoms with E-state index >= 15 is 0 Å². The molecule has 0 aromatic rings. The molecule has 66 valence electrons. The van der Waals surface area contributed by atoms with Gasteiger partial charge < -0.3 is 16.6 Å². The SMILES string of the molecule is CCCC(CO)CC=C(N)N. The smallest absolute Gasteiger partial charge is 0.0892 e. The maximum Gasteiger partial charge on any atom is 0.0892 e. The minimum absolute atomic E-state index is 0.220. The fourth-order valence-electron chi connectivity index (χ4n) is 0.995. The molecule has 0 radical (unpaired) electrons. The van der Waals surface area contributed by atoms with Crippen LogP contribution in [-0.4, -0.2) is 11.7 Å². The van der Waals surface area contributed by atoms with Crippen LogP contribution in [0, 0.1) is 5.92 Å². The van der Waals surface area contributed by atoms with Gasteiger partial charge in [0, 0.05) is 6.61 Å². The highest BCUT2D eigenvalue weighted by Crippen LogP contribution is 2.10. The molecule has 0 saturated carbocycles. The summed E-state index contributed by atoms with van der Waals surface area (Å²) in [5, 5.41) is 8.86. The number of hydrogen-bond donors (Lipinski definition) is 3. The molecule has 3 nitrogen and oxygen atoms in total. The lowest BCUT2D eigenvalue weighted by molar-refractivity contribution is 0.219. The minimum atomic E-state index is 0.220. The van der Waals surface area contributed by atoms with Crippen LogP contribution in [0.15, 0.2) is 11.9 Å². The topological polar surface area (TPSA) is 72.3 Å². The van der Waals surface area contributed by atoms with Gasteiger partial charge in [-0.05, 0) is 24.8 Å². The van der Waals surface area contributed by atoms with Crippen molar-refractivity contribution in [3.8, 4) is 0 Å². The normalized spacial score (nSPS) is 12.5. The van der Waals surface area contributed by atoms with E-state index in [0.29, 0.717) is 11.7 Å². The van der Waals surface area contributed by atoms with Gasteiger partial charge in [0.1, 0.15) is 0 Å². The first-order valence-electron chi connectivity index (χ1n) is 4.02. The Balaban J connectivity index is 3.60. The Bertz CT molecular complexity index is 119. The molecule has 11 heavy (non-hydrogen) atoms. The van der Waals surface area contributed by atoms with Crippen LogP contribution in [0.25, 0.3) is 0 Å². The maximum absolute atomic E-state index is 8.86. The number of aliphatic hydroxyl groups is 1. The monoisotopic (exact) mass is 158 g/mol. The van der Waals surface area contributed by atoms with E-state index in [1.165, 1.54) is 0 Å². The van der Waals surface area contributed by atoms with Gasteiger partial charge in [0.15, 0.2) is 0 Å². The Hall–Kier alpha value is -0.700. The summed E-state index contributed by atoms with van der Waals surface area (Å²) in [6.07, 6.45) is 4.66. The molecule has 0 fully saturated rings. The average molecular weight is 158 g/mol. The number of allylic oxidation sites excluding steroid dienone is 1. The lowest BCUT2D eigenvalue weighted by atomic mass is 10.0. The first-order valence-corrected chi connectivity index (χ1v) is 4.02. The number of rotatable bonds is 5. The summed E-state index contributed by atoms with van der Waals surface area (Å²) in [5.74, 6) is 0.668. The summed E-state index contributed by atoms with van der Waals surface area (Å²) >= 11 is 0. The molecule has 1 unspecified atom stereocenters. The highest BCUT2D eigenvalue weighted by Gasteiger charge is 2.03. The van der Waals surface area contributed by atoms with E-state index in [2.05, 4.69) is 6.92 Å². The van der Waals surface area contributed by atoms with Crippen LogP contribution in [0.4, 0.5) is 0 Å². The zero-order valence-corrected chi connectivity index (χ0v) is 7.09. The molecule has 0 aromatic heterocycles. The quantitative estimate of drug-likeness (QED) is 0.547. The Morgan fingerprint density at radius 1 is 1.55 bits per heavy atom. The molecule has 0 saturated heterocycles. The summed E-state index contributed by atoms with van der Waals surface area (Å²) in [7, 11) is 0. The molecule has 5 N–H and O–H groups in total. The molecule has 0 aromatic carbocycles. The van der Waals surface area contributed by atoms with Gasteiger partial charge in [0.2, 0.25) is 0 Å². The summed E-state index contributed by atoms with van der Waals surface area (Å²) < 4.78 is 0. The standard InChI is InChI=1S/C8H18N2O/c1-2-3-7(6-11)4-5-8(9)10/h5,7,11H,2-4,6,9-10H2,1H3. The molecule has 0 heterocycles. The fraction of sp³-hybridized carbons (Fsp3) is 0.750. The predicted molar refractivity (Wildman–Crippen MR) is 46.6 cm³/mol. The molecule has 0 aliphatic rings. The predicted octanol–water partition coefficient (Wildman–Crippen LogP) is 0.544. The molecular weight excluding hydrogens is 140 g/mol. The first-order chi connectivity index (χ1) is 5.20. The van der Waals surface area contributed by atoms with Gasteiger partial charge in [-0.2, -0.15) is 0 Å². The summed E-state index contributed by atoms with van der Waals surface area (Å²) in [6.45, 7) is 2.32. The van der Waals surface area contributed by atoms with Crippen LogP contribution in [0.3, 0.4) is 0 Å². The number of hydrogen-bond acceptors (Lipinski definition) is 3. The first kappa shape index (κ1) is 10.3. The maximum atomic E-state index is 8.86. The second kappa shape index (κ2) is 6.04. The van der Waals surface area contributed by atoms with Crippen LogP contribution in [-0.2, 0) is 0 Å². The average Bonchev–Trinajstić information content (AvgIpc) is 1.97. The van der Waals surface area contributed by atoms with E-state index in [4.69, 9.17) is 16.6 Å². The van der Waals surface area contributed by atoms with Gasteiger partial charge in [0.25, 0.3) is 0 Å². The summed E-state index contributed by atoms with van der Waals surface area (Å²) in [6, 6.07) is 0. The Morgan fingerprint density at radius 2 is 2.18 bits per heavy atom. The summed E-state index contributed by atoms with van der Waals surface area (Å²) in [4.78, 5) is 0. The largest absolute Gasteiger partial charge is 0.396 e. The van der Waals surface area contributed by atoms with E-state index in [1.54, 1.807) is 6.08 Å². The van der Waals surface area contributed by atoms with Gasteiger partial charge in [-0.25, -0.2) is 0 Å². The van der Waals surface area contributed by atoms with Crippen molar-refractivity contribution in [3.63, 3.8) is 0 Å². The Labute approximate surface area is 68.1 Å². The van der Waals surface area contributed by atoms with E-state index in [0.717, 1.165) is 19.3 Å². The van der Waals surface area contributed by atoms with Gasteiger partial charge in [-0.15, -0.1) is 0 Å². The van der Waals surface area contributed by atoms with Crippen molar-refractivity contribution in [3.05, 3.63) is 11.9 Å². The highest BCUT2D eigenvalue weighted by atomic mass is 16.3. The molecule has 0 spiro atoms. The third-order valence-corrected chi connectivity index (χ3v) is 1.64. The molecule has 0 rings (SSSR count). The van der Waals surface area contributed by atoms with Crippen LogP contribution >= 0.6 is 0 Å². The zero-order chi connectivity index (χ0) is 8.69. The van der Waals surface area contributed by atoms with Gasteiger partial charge in [-0.1, -0.05) is 13.3 Å². The lowest BCUT2D eigenvalue weighted by Gasteiger charge is -2.09. The molecule has 1 atom stereocenters. The molecule has 0 bridgehead atoms. The van der Waals surface area contributed by atoms with E-state index in [-0.39, 0.29) is 6.61 Å². The van der Waals surface area contributed by atoms with Crippen molar-refractivity contribution in [2.75, 3.05) is 6.61 Å². The Morgan fingerprint density at radius 3 is 2.55 bits per heavy atom. The molecule has 0 aliphatic heterocycles. The second-order valence-corrected chi connectivity index (χ2v) is 2.78. The van der Waals surface area contributed by atoms with E-state index in [1.807, 2.05) is 0 Å². The fourth-order valence-corrected chi connectivity index (χ4v) is 0.995. The third kappa shape index (κ3) is 5.73. The van der Waals surface area contributed by atoms with E-state index < -0.39 is 0 Å². The molecule has 0 amide bonds. The van der Waals surface area contributed by atoms with Gasteiger partial charge in [-0.3, -0.25) is 0 Å². The van der Waals surface area contributed by atoms with Crippen molar-refractivity contribution < 1.29 is 5.11 Å². The van der Waals surface area contributed by atoms with Gasteiger partial charge >= 0.3 is 0 Å². The zero-order valence-electron chi connectivity index (χ0n) is 7.09. The van der Waals surface area contributed by atoms with E-state index in [9.17, 15) is 0 Å². The molecule has 3 heteroatoms. The molecule has 0 aliphatic carbocycles. The van der Waals surface area contributed by atoms with Crippen molar-refractivity contribution in [2.24, 2.45) is 17.4 Å². The van der Waals surface area contributed by atoms with Crippen molar-refractivity contribution in [2.45, 2.75) is 26.2 Å². The van der Waals surface area contributed by atoms with Crippen molar-refractivity contribution in [1.82, 2.24) is 0 Å². The van der Waals surface area contributed by atoms with Crippen LogP contribution in [0.5, 0.6) is 0 Å². The van der Waals surface area contributed by atoms with Gasteiger partial charge in [0.05, 0.1) is 5.82 Å². The summed E-state index contributed by atoms with van der Waals surface area (Å²) in [5.41, 5.74) is 10.5. The minimum Gasteiger partial charge on any atom is -0.396 e. The number of nitrogens with two attached hydrogens (primary N) is 2. The van der Waals surface area contributed by atoms with Crippen molar-refractivity contribution >= 4 is 0 Å². The lowest BCUT2D eigenvalue weighted by Crippen LogP contribution is -2.10. The van der Waals surface area contributed by atoms with Crippen LogP contribution < -0.4 is 11.5 Å². The Kier molecular flexibility index (Phi) is 5.65. The highest BCUT2D eigenvalue weighted by molar-refractivity contribution is 4.90. The van der Waals surface area contributed by atoms with Crippen LogP contribution in [0.1, 0.15) is 26.2 Å². The number of aliphatic hydroxyl groups excluding tert-OH is 1. The second-order valence-electron chi connectivity index (χ2n) is 2.78. The third-order valence-electron chi connectivity index (χ3n) is 1.64. The van der Waals surface area contributed by atoms with Crippen molar-refractivity contribution in [1.29, 1.82) is 0 Å². The van der Waals surface area contributed by atoms with Crippen LogP contribution in [0.2, 0.25) is 0 Å². The molecular formula is C8H18N2O.